The molecule has 3 atom stereocenters. The fourth-order valence-corrected chi connectivity index (χ4v) is 4.33. The highest BCUT2D eigenvalue weighted by Crippen LogP contribution is 2.33. The van der Waals surface area contributed by atoms with Crippen LogP contribution < -0.4 is 5.32 Å². The minimum absolute atomic E-state index is 0.513. The second kappa shape index (κ2) is 6.93. The van der Waals surface area contributed by atoms with Crippen LogP contribution >= 0.6 is 0 Å². The molecule has 1 N–H and O–H groups in total. The Hall–Kier alpha value is -0.860. The molecule has 3 rings (SSSR count). The third-order valence-corrected chi connectivity index (χ3v) is 5.30. The highest BCUT2D eigenvalue weighted by Gasteiger charge is 2.33. The topological polar surface area (TPSA) is 15.3 Å². The molecule has 3 unspecified atom stereocenters. The van der Waals surface area contributed by atoms with E-state index in [-0.39, 0.29) is 0 Å². The number of likely N-dealkylation sites (tertiary alicyclic amines) is 1. The van der Waals surface area contributed by atoms with Gasteiger partial charge in [0.25, 0.3) is 0 Å². The fraction of sp³-hybridized carbons (Fsp3) is 0.684. The monoisotopic (exact) mass is 286 g/mol. The summed E-state index contributed by atoms with van der Waals surface area (Å²) < 4.78 is 0. The number of likely N-dealkylation sites (N-methyl/N-ethyl adjacent to an activating group) is 1. The molecular weight excluding hydrogens is 256 g/mol. The lowest BCUT2D eigenvalue weighted by molar-refractivity contribution is 0.0980. The number of hydrogen-bond donors (Lipinski definition) is 1. The molecule has 0 bridgehead atoms. The summed E-state index contributed by atoms with van der Waals surface area (Å²) in [5.74, 6) is 0.861. The molecule has 21 heavy (non-hydrogen) atoms. The molecule has 1 heterocycles. The van der Waals surface area contributed by atoms with Gasteiger partial charge < -0.3 is 5.32 Å². The third-order valence-electron chi connectivity index (χ3n) is 5.30. The van der Waals surface area contributed by atoms with Crippen molar-refractivity contribution in [2.75, 3.05) is 19.6 Å². The Morgan fingerprint density at radius 2 is 2.05 bits per heavy atom. The van der Waals surface area contributed by atoms with E-state index in [1.807, 2.05) is 0 Å². The molecule has 1 aromatic carbocycles. The van der Waals surface area contributed by atoms with Crippen LogP contribution in [0.25, 0.3) is 0 Å². The summed E-state index contributed by atoms with van der Waals surface area (Å²) in [6.07, 6.45) is 6.69. The number of nitrogens with one attached hydrogen (secondary N) is 1. The molecule has 116 valence electrons. The predicted molar refractivity (Wildman–Crippen MR) is 89.6 cm³/mol. The maximum absolute atomic E-state index is 3.80. The minimum Gasteiger partial charge on any atom is -0.309 e. The molecular formula is C19H30N2. The molecule has 1 aromatic rings. The Bertz CT molecular complexity index is 457. The highest BCUT2D eigenvalue weighted by molar-refractivity contribution is 5.32. The molecule has 1 saturated heterocycles. The molecule has 2 heteroatoms. The van der Waals surface area contributed by atoms with Crippen molar-refractivity contribution < 1.29 is 0 Å². The number of piperidine rings is 1. The standard InChI is InChI=1S/C19H30N2/c1-3-20-19-17-11-5-4-9-16(17)10-6-12-18(19)21-13-7-8-15(2)14-21/h4-5,9,11,15,18-20H,3,6-8,10,12-14H2,1-2H3. The summed E-state index contributed by atoms with van der Waals surface area (Å²) in [7, 11) is 0. The molecule has 1 aliphatic carbocycles. The minimum atomic E-state index is 0.513. The first-order chi connectivity index (χ1) is 10.3. The van der Waals surface area contributed by atoms with Crippen LogP contribution in [0.1, 0.15) is 56.7 Å². The molecule has 0 amide bonds. The summed E-state index contributed by atoms with van der Waals surface area (Å²) in [4.78, 5) is 2.78. The molecule has 0 spiro atoms. The summed E-state index contributed by atoms with van der Waals surface area (Å²) >= 11 is 0. The van der Waals surface area contributed by atoms with Crippen molar-refractivity contribution in [3.8, 4) is 0 Å². The Labute approximate surface area is 129 Å². The van der Waals surface area contributed by atoms with Crippen molar-refractivity contribution in [2.45, 2.75) is 58.0 Å². The van der Waals surface area contributed by atoms with E-state index in [2.05, 4.69) is 48.3 Å². The molecule has 0 radical (unpaired) electrons. The van der Waals surface area contributed by atoms with Gasteiger partial charge in [-0.15, -0.1) is 0 Å². The Kier molecular flexibility index (Phi) is 4.97. The van der Waals surface area contributed by atoms with Crippen molar-refractivity contribution in [1.82, 2.24) is 10.2 Å². The maximum Gasteiger partial charge on any atom is 0.0480 e. The van der Waals surface area contributed by atoms with Crippen molar-refractivity contribution in [3.63, 3.8) is 0 Å². The van der Waals surface area contributed by atoms with Gasteiger partial charge in [0.05, 0.1) is 0 Å². The zero-order valence-corrected chi connectivity index (χ0v) is 13.6. The van der Waals surface area contributed by atoms with Crippen molar-refractivity contribution in [2.24, 2.45) is 5.92 Å². The van der Waals surface area contributed by atoms with E-state index in [0.29, 0.717) is 12.1 Å². The van der Waals surface area contributed by atoms with Gasteiger partial charge in [-0.25, -0.2) is 0 Å². The van der Waals surface area contributed by atoms with Crippen LogP contribution in [-0.2, 0) is 6.42 Å². The van der Waals surface area contributed by atoms with E-state index >= 15 is 0 Å². The largest absolute Gasteiger partial charge is 0.309 e. The lowest BCUT2D eigenvalue weighted by atomic mass is 9.91. The average Bonchev–Trinajstić information content (AvgIpc) is 2.68. The van der Waals surface area contributed by atoms with E-state index in [9.17, 15) is 0 Å². The van der Waals surface area contributed by atoms with E-state index < -0.39 is 0 Å². The van der Waals surface area contributed by atoms with Gasteiger partial charge in [-0.1, -0.05) is 38.1 Å². The average molecular weight is 286 g/mol. The van der Waals surface area contributed by atoms with Crippen LogP contribution in [0.15, 0.2) is 24.3 Å². The normalized spacial score (nSPS) is 30.7. The number of benzene rings is 1. The molecule has 1 fully saturated rings. The van der Waals surface area contributed by atoms with E-state index in [4.69, 9.17) is 0 Å². The Balaban J connectivity index is 1.88. The van der Waals surface area contributed by atoms with Gasteiger partial charge in [0, 0.05) is 18.6 Å². The van der Waals surface area contributed by atoms with Gasteiger partial charge >= 0.3 is 0 Å². The van der Waals surface area contributed by atoms with Crippen LogP contribution in [0.2, 0.25) is 0 Å². The highest BCUT2D eigenvalue weighted by atomic mass is 15.2. The predicted octanol–water partition coefficient (Wildman–Crippen LogP) is 3.77. The number of nitrogens with zero attached hydrogens (tertiary/aromatic N) is 1. The number of rotatable bonds is 3. The van der Waals surface area contributed by atoms with Gasteiger partial charge in [0.2, 0.25) is 0 Å². The molecule has 0 aromatic heterocycles. The second-order valence-electron chi connectivity index (χ2n) is 6.94. The zero-order chi connectivity index (χ0) is 14.7. The fourth-order valence-electron chi connectivity index (χ4n) is 4.33. The summed E-state index contributed by atoms with van der Waals surface area (Å²) in [6, 6.07) is 10.3. The summed E-state index contributed by atoms with van der Waals surface area (Å²) in [5.41, 5.74) is 3.12. The number of fused-ring (bicyclic) bond motifs is 1. The summed E-state index contributed by atoms with van der Waals surface area (Å²) in [5, 5.41) is 3.80. The van der Waals surface area contributed by atoms with Crippen LogP contribution in [0.5, 0.6) is 0 Å². The lowest BCUT2D eigenvalue weighted by Crippen LogP contribution is -2.48. The van der Waals surface area contributed by atoms with E-state index in [1.165, 1.54) is 45.2 Å². The lowest BCUT2D eigenvalue weighted by Gasteiger charge is -2.41. The van der Waals surface area contributed by atoms with Crippen molar-refractivity contribution in [3.05, 3.63) is 35.4 Å². The zero-order valence-electron chi connectivity index (χ0n) is 13.6. The van der Waals surface area contributed by atoms with Gasteiger partial charge in [0.15, 0.2) is 0 Å². The Morgan fingerprint density at radius 1 is 1.19 bits per heavy atom. The molecule has 2 nitrogen and oxygen atoms in total. The van der Waals surface area contributed by atoms with Crippen LogP contribution in [-0.4, -0.2) is 30.6 Å². The smallest absolute Gasteiger partial charge is 0.0480 e. The molecule has 0 saturated carbocycles. The van der Waals surface area contributed by atoms with Gasteiger partial charge in [0.1, 0.15) is 0 Å². The first kappa shape index (κ1) is 15.1. The van der Waals surface area contributed by atoms with E-state index in [0.717, 1.165) is 12.5 Å². The molecule has 1 aliphatic heterocycles. The van der Waals surface area contributed by atoms with E-state index in [1.54, 1.807) is 11.1 Å². The maximum atomic E-state index is 3.80. The SMILES string of the molecule is CCNC1c2ccccc2CCCC1N1CCCC(C)C1. The van der Waals surface area contributed by atoms with Gasteiger partial charge in [-0.3, -0.25) is 4.90 Å². The van der Waals surface area contributed by atoms with Gasteiger partial charge in [-0.2, -0.15) is 0 Å². The van der Waals surface area contributed by atoms with Crippen LogP contribution in [0.4, 0.5) is 0 Å². The van der Waals surface area contributed by atoms with Crippen LogP contribution in [0, 0.1) is 5.92 Å². The molecule has 2 aliphatic rings. The number of aryl methyl sites for hydroxylation is 1. The van der Waals surface area contributed by atoms with Crippen LogP contribution in [0.3, 0.4) is 0 Å². The summed E-state index contributed by atoms with van der Waals surface area (Å²) in [6.45, 7) is 8.29. The first-order valence-electron chi connectivity index (χ1n) is 8.84. The van der Waals surface area contributed by atoms with Gasteiger partial charge in [-0.05, 0) is 62.2 Å². The Morgan fingerprint density at radius 3 is 2.86 bits per heavy atom. The first-order valence-corrected chi connectivity index (χ1v) is 8.84. The second-order valence-corrected chi connectivity index (χ2v) is 6.94. The quantitative estimate of drug-likeness (QED) is 0.851. The van der Waals surface area contributed by atoms with Crippen molar-refractivity contribution >= 4 is 0 Å². The van der Waals surface area contributed by atoms with Crippen molar-refractivity contribution in [1.29, 1.82) is 0 Å². The number of hydrogen-bond acceptors (Lipinski definition) is 2. The third kappa shape index (κ3) is 3.32.